The number of rotatable bonds is 6. The van der Waals surface area contributed by atoms with Gasteiger partial charge in [0.15, 0.2) is 5.76 Å². The Bertz CT molecular complexity index is 762. The van der Waals surface area contributed by atoms with Crippen LogP contribution in [-0.2, 0) is 17.8 Å². The Morgan fingerprint density at radius 2 is 1.67 bits per heavy atom. The van der Waals surface area contributed by atoms with E-state index < -0.39 is 0 Å². The van der Waals surface area contributed by atoms with Crippen LogP contribution in [0.3, 0.4) is 0 Å². The molecule has 0 spiro atoms. The lowest BCUT2D eigenvalue weighted by atomic mass is 10.1. The van der Waals surface area contributed by atoms with Gasteiger partial charge < -0.3 is 14.5 Å². The van der Waals surface area contributed by atoms with Crippen LogP contribution >= 0.6 is 0 Å². The van der Waals surface area contributed by atoms with Crippen LogP contribution in [0.4, 0.5) is 5.69 Å². The van der Waals surface area contributed by atoms with Gasteiger partial charge in [0.25, 0.3) is 5.91 Å². The summed E-state index contributed by atoms with van der Waals surface area (Å²) in [5.41, 5.74) is 1.95. The lowest BCUT2D eigenvalue weighted by Crippen LogP contribution is -2.35. The highest BCUT2D eigenvalue weighted by Crippen LogP contribution is 2.20. The van der Waals surface area contributed by atoms with Crippen molar-refractivity contribution in [2.45, 2.75) is 25.9 Å². The summed E-state index contributed by atoms with van der Waals surface area (Å²) >= 11 is 0. The van der Waals surface area contributed by atoms with Crippen molar-refractivity contribution in [2.75, 3.05) is 44.7 Å². The van der Waals surface area contributed by atoms with Gasteiger partial charge >= 0.3 is 0 Å². The topological polar surface area (TPSA) is 58.0 Å². The molecule has 0 saturated carbocycles. The summed E-state index contributed by atoms with van der Waals surface area (Å²) < 4.78 is 11.2. The van der Waals surface area contributed by atoms with Crippen LogP contribution in [0.25, 0.3) is 0 Å². The number of hydrogen-bond donors (Lipinski definition) is 1. The van der Waals surface area contributed by atoms with Gasteiger partial charge in [-0.25, -0.2) is 0 Å². The molecular formula is C21H27N3O3. The summed E-state index contributed by atoms with van der Waals surface area (Å²) in [5, 5.41) is 3.02. The third-order valence-electron chi connectivity index (χ3n) is 5.23. The monoisotopic (exact) mass is 369 g/mol. The lowest BCUT2D eigenvalue weighted by molar-refractivity contribution is 0.0342. The van der Waals surface area contributed by atoms with Crippen molar-refractivity contribution in [3.63, 3.8) is 0 Å². The Morgan fingerprint density at radius 3 is 2.48 bits per heavy atom. The Morgan fingerprint density at radius 1 is 0.926 bits per heavy atom. The van der Waals surface area contributed by atoms with Crippen LogP contribution in [0.5, 0.6) is 0 Å². The van der Waals surface area contributed by atoms with E-state index in [9.17, 15) is 4.79 Å². The van der Waals surface area contributed by atoms with Crippen LogP contribution in [0.1, 0.15) is 34.7 Å². The number of para-hydroxylation sites is 1. The lowest BCUT2D eigenvalue weighted by Gasteiger charge is -2.27. The molecule has 1 amide bonds. The highest BCUT2D eigenvalue weighted by Gasteiger charge is 2.18. The third kappa shape index (κ3) is 4.77. The molecule has 0 unspecified atom stereocenters. The van der Waals surface area contributed by atoms with E-state index in [0.29, 0.717) is 5.76 Å². The summed E-state index contributed by atoms with van der Waals surface area (Å²) in [5.74, 6) is 1.02. The highest BCUT2D eigenvalue weighted by atomic mass is 16.5. The number of likely N-dealkylation sites (tertiary alicyclic amines) is 1. The summed E-state index contributed by atoms with van der Waals surface area (Å²) in [4.78, 5) is 17.4. The Kier molecular flexibility index (Phi) is 5.87. The quantitative estimate of drug-likeness (QED) is 0.848. The first-order valence-electron chi connectivity index (χ1n) is 9.78. The summed E-state index contributed by atoms with van der Waals surface area (Å²) in [6.45, 7) is 7.16. The molecule has 2 aliphatic rings. The molecule has 0 bridgehead atoms. The summed E-state index contributed by atoms with van der Waals surface area (Å²) in [6.07, 6.45) is 2.49. The zero-order valence-corrected chi connectivity index (χ0v) is 15.7. The number of carbonyl (C=O) groups excluding carboxylic acids is 1. The molecule has 1 aromatic carbocycles. The number of nitrogens with zero attached hydrogens (tertiary/aromatic N) is 2. The molecule has 27 heavy (non-hydrogen) atoms. The predicted octanol–water partition coefficient (Wildman–Crippen LogP) is 2.96. The largest absolute Gasteiger partial charge is 0.455 e. The molecule has 3 heterocycles. The fourth-order valence-electron chi connectivity index (χ4n) is 3.71. The summed E-state index contributed by atoms with van der Waals surface area (Å²) in [7, 11) is 0. The first-order chi connectivity index (χ1) is 13.3. The standard InChI is InChI=1S/C21H27N3O3/c25-21(20-8-7-18(27-20)16-23-9-3-4-10-23)22-19-6-2-1-5-17(19)15-24-11-13-26-14-12-24/h1-2,5-8H,3-4,9-16H2,(H,22,25). The third-order valence-corrected chi connectivity index (χ3v) is 5.23. The van der Waals surface area contributed by atoms with Gasteiger partial charge in [-0.3, -0.25) is 14.6 Å². The number of furan rings is 1. The number of amides is 1. The number of hydrogen-bond acceptors (Lipinski definition) is 5. The van der Waals surface area contributed by atoms with E-state index in [1.807, 2.05) is 24.3 Å². The first kappa shape index (κ1) is 18.2. The number of nitrogens with one attached hydrogen (secondary N) is 1. The van der Waals surface area contributed by atoms with Crippen molar-refractivity contribution in [2.24, 2.45) is 0 Å². The Hall–Kier alpha value is -2.15. The fraction of sp³-hybridized carbons (Fsp3) is 0.476. The molecular weight excluding hydrogens is 342 g/mol. The first-order valence-corrected chi connectivity index (χ1v) is 9.78. The molecule has 2 aromatic rings. The van der Waals surface area contributed by atoms with E-state index in [1.54, 1.807) is 6.07 Å². The van der Waals surface area contributed by atoms with Crippen molar-refractivity contribution < 1.29 is 13.9 Å². The van der Waals surface area contributed by atoms with Gasteiger partial charge in [-0.2, -0.15) is 0 Å². The van der Waals surface area contributed by atoms with Gasteiger partial charge in [-0.15, -0.1) is 0 Å². The smallest absolute Gasteiger partial charge is 0.291 e. The zero-order chi connectivity index (χ0) is 18.5. The van der Waals surface area contributed by atoms with Gasteiger partial charge in [-0.1, -0.05) is 18.2 Å². The molecule has 1 N–H and O–H groups in total. The predicted molar refractivity (Wildman–Crippen MR) is 104 cm³/mol. The number of benzene rings is 1. The van der Waals surface area contributed by atoms with E-state index in [0.717, 1.165) is 69.5 Å². The number of carbonyl (C=O) groups is 1. The Balaban J connectivity index is 1.39. The van der Waals surface area contributed by atoms with Crippen molar-refractivity contribution in [1.29, 1.82) is 0 Å². The van der Waals surface area contributed by atoms with Gasteiger partial charge in [-0.05, 0) is 49.7 Å². The van der Waals surface area contributed by atoms with Crippen molar-refractivity contribution in [1.82, 2.24) is 9.80 Å². The number of ether oxygens (including phenoxy) is 1. The SMILES string of the molecule is O=C(Nc1ccccc1CN1CCOCC1)c1ccc(CN2CCCC2)o1. The fourth-order valence-corrected chi connectivity index (χ4v) is 3.71. The normalized spacial score (nSPS) is 18.7. The maximum Gasteiger partial charge on any atom is 0.291 e. The van der Waals surface area contributed by atoms with Gasteiger partial charge in [0.2, 0.25) is 0 Å². The minimum Gasteiger partial charge on any atom is -0.455 e. The van der Waals surface area contributed by atoms with Crippen LogP contribution in [0.15, 0.2) is 40.8 Å². The van der Waals surface area contributed by atoms with Crippen molar-refractivity contribution in [3.05, 3.63) is 53.5 Å². The van der Waals surface area contributed by atoms with E-state index in [4.69, 9.17) is 9.15 Å². The van der Waals surface area contributed by atoms with Crippen LogP contribution in [0.2, 0.25) is 0 Å². The number of morpholine rings is 1. The minimum absolute atomic E-state index is 0.197. The molecule has 6 heteroatoms. The maximum atomic E-state index is 12.7. The van der Waals surface area contributed by atoms with Crippen LogP contribution < -0.4 is 5.32 Å². The molecule has 1 aromatic heterocycles. The minimum atomic E-state index is -0.197. The molecule has 4 rings (SSSR count). The number of anilines is 1. The van der Waals surface area contributed by atoms with Gasteiger partial charge in [0, 0.05) is 25.3 Å². The molecule has 2 aliphatic heterocycles. The van der Waals surface area contributed by atoms with E-state index in [2.05, 4.69) is 21.2 Å². The Labute approximate surface area is 160 Å². The van der Waals surface area contributed by atoms with E-state index >= 15 is 0 Å². The molecule has 2 saturated heterocycles. The van der Waals surface area contributed by atoms with Crippen molar-refractivity contribution in [3.8, 4) is 0 Å². The average molecular weight is 369 g/mol. The van der Waals surface area contributed by atoms with Gasteiger partial charge in [0.1, 0.15) is 5.76 Å². The second-order valence-corrected chi connectivity index (χ2v) is 7.25. The molecule has 0 radical (unpaired) electrons. The molecule has 2 fully saturated rings. The van der Waals surface area contributed by atoms with Crippen molar-refractivity contribution >= 4 is 11.6 Å². The molecule has 0 atom stereocenters. The molecule has 6 nitrogen and oxygen atoms in total. The van der Waals surface area contributed by atoms with Gasteiger partial charge in [0.05, 0.1) is 19.8 Å². The van der Waals surface area contributed by atoms with E-state index in [1.165, 1.54) is 12.8 Å². The molecule has 144 valence electrons. The molecule has 0 aliphatic carbocycles. The average Bonchev–Trinajstić information content (AvgIpc) is 3.37. The maximum absolute atomic E-state index is 12.7. The van der Waals surface area contributed by atoms with Crippen LogP contribution in [0, 0.1) is 0 Å². The summed E-state index contributed by atoms with van der Waals surface area (Å²) in [6, 6.07) is 11.6. The second-order valence-electron chi connectivity index (χ2n) is 7.25. The second kappa shape index (κ2) is 8.69. The van der Waals surface area contributed by atoms with E-state index in [-0.39, 0.29) is 5.91 Å². The highest BCUT2D eigenvalue weighted by molar-refractivity contribution is 6.02. The zero-order valence-electron chi connectivity index (χ0n) is 15.7. The van der Waals surface area contributed by atoms with Crippen LogP contribution in [-0.4, -0.2) is 55.1 Å².